The van der Waals surface area contributed by atoms with Crippen molar-refractivity contribution in [1.29, 1.82) is 0 Å². The molecular weight excluding hydrogens is 254 g/mol. The third-order valence-electron chi connectivity index (χ3n) is 3.89. The second-order valence-corrected chi connectivity index (χ2v) is 13.3. The topological polar surface area (TPSA) is 0 Å². The van der Waals surface area contributed by atoms with Gasteiger partial charge < -0.3 is 0 Å². The van der Waals surface area contributed by atoms with Crippen molar-refractivity contribution in [3.63, 3.8) is 0 Å². The van der Waals surface area contributed by atoms with Crippen LogP contribution in [-0.4, -0.2) is 25.2 Å². The first kappa shape index (κ1) is 19.4. The van der Waals surface area contributed by atoms with Gasteiger partial charge in [0.25, 0.3) is 0 Å². The predicted molar refractivity (Wildman–Crippen MR) is 91.6 cm³/mol. The molecule has 0 saturated heterocycles. The van der Waals surface area contributed by atoms with Crippen LogP contribution in [-0.2, 0) is 0 Å². The third kappa shape index (κ3) is 9.83. The molecule has 0 aromatic rings. The molecule has 2 heteroatoms. The second kappa shape index (κ2) is 8.60. The van der Waals surface area contributed by atoms with Crippen molar-refractivity contribution in [3.8, 4) is 0 Å². The van der Waals surface area contributed by atoms with Crippen molar-refractivity contribution in [2.75, 3.05) is 25.2 Å². The van der Waals surface area contributed by atoms with Crippen molar-refractivity contribution in [3.05, 3.63) is 0 Å². The van der Waals surface area contributed by atoms with Crippen molar-refractivity contribution >= 4 is 6.91 Å². The molecule has 0 unspecified atom stereocenters. The van der Waals surface area contributed by atoms with Gasteiger partial charge in [-0.15, -0.1) is 0 Å². The molecule has 0 amide bonds. The van der Waals surface area contributed by atoms with Gasteiger partial charge in [0.15, 0.2) is 0 Å². The van der Waals surface area contributed by atoms with Crippen LogP contribution in [0.25, 0.3) is 0 Å². The molecule has 0 rings (SSSR count). The Hall–Kier alpha value is 0.360. The van der Waals surface area contributed by atoms with E-state index in [2.05, 4.69) is 34.6 Å². The molecule has 0 spiro atoms. The summed E-state index contributed by atoms with van der Waals surface area (Å²) < 4.78 is 15.7. The number of hydrogen-bond acceptors (Lipinski definition) is 0. The number of rotatable bonds is 11. The Labute approximate surface area is 122 Å². The summed E-state index contributed by atoms with van der Waals surface area (Å²) in [7, 11) is 0. The van der Waals surface area contributed by atoms with Crippen LogP contribution in [0.1, 0.15) is 73.1 Å². The van der Waals surface area contributed by atoms with Crippen LogP contribution in [0.5, 0.6) is 0 Å². The maximum atomic E-state index is 15.7. The van der Waals surface area contributed by atoms with Gasteiger partial charge in [-0.2, -0.15) is 0 Å². The van der Waals surface area contributed by atoms with E-state index >= 15 is 4.20 Å². The van der Waals surface area contributed by atoms with Crippen molar-refractivity contribution in [2.45, 2.75) is 73.1 Å². The van der Waals surface area contributed by atoms with E-state index in [0.717, 1.165) is 24.9 Å². The Morgan fingerprint density at radius 1 is 0.789 bits per heavy atom. The van der Waals surface area contributed by atoms with Crippen LogP contribution < -0.4 is 0 Å². The first-order chi connectivity index (χ1) is 8.68. The fourth-order valence-electron chi connectivity index (χ4n) is 3.63. The van der Waals surface area contributed by atoms with Crippen LogP contribution in [0.4, 0.5) is 4.20 Å². The molecule has 0 atom stereocenters. The van der Waals surface area contributed by atoms with E-state index in [-0.39, 0.29) is 0 Å². The zero-order chi connectivity index (χ0) is 15.0. The quantitative estimate of drug-likeness (QED) is 0.292. The zero-order valence-corrected chi connectivity index (χ0v) is 15.2. The molecule has 0 radical (unpaired) electrons. The maximum absolute atomic E-state index is 15.7. The Morgan fingerprint density at radius 2 is 1.21 bits per heavy atom. The number of unbranched alkanes of at least 4 members (excludes halogenated alkanes) is 5. The molecular formula is C17H38FP. The summed E-state index contributed by atoms with van der Waals surface area (Å²) in [5, 5.41) is 0. The molecule has 0 heterocycles. The van der Waals surface area contributed by atoms with Crippen molar-refractivity contribution in [2.24, 2.45) is 11.8 Å². The molecule has 0 bridgehead atoms. The number of hydrogen-bond donors (Lipinski definition) is 0. The van der Waals surface area contributed by atoms with Gasteiger partial charge in [-0.3, -0.25) is 0 Å². The molecule has 0 aliphatic carbocycles. The molecule has 19 heavy (non-hydrogen) atoms. The van der Waals surface area contributed by atoms with Gasteiger partial charge in [0, 0.05) is 0 Å². The standard InChI is InChI=1S/C17H38FP/c1-7-8-9-10-11-12-13-19(6,18,14-16(2)3)15-17(4)5/h16-17H,7-15H2,1-6H3. The molecule has 0 aromatic carbocycles. The summed E-state index contributed by atoms with van der Waals surface area (Å²) >= 11 is 0. The minimum absolute atomic E-state index is 0.492. The summed E-state index contributed by atoms with van der Waals surface area (Å²) in [6, 6.07) is 0. The normalized spacial score (nSPS) is 14.9. The van der Waals surface area contributed by atoms with E-state index in [1.165, 1.54) is 32.1 Å². The van der Waals surface area contributed by atoms with Gasteiger partial charge in [0.2, 0.25) is 0 Å². The van der Waals surface area contributed by atoms with E-state index in [9.17, 15) is 0 Å². The van der Waals surface area contributed by atoms with Crippen LogP contribution in [0.3, 0.4) is 0 Å². The van der Waals surface area contributed by atoms with Gasteiger partial charge in [-0.1, -0.05) is 0 Å². The third-order valence-corrected chi connectivity index (χ3v) is 8.95. The van der Waals surface area contributed by atoms with Gasteiger partial charge in [0.05, 0.1) is 0 Å². The summed E-state index contributed by atoms with van der Waals surface area (Å²) in [6.07, 6.45) is 10.1. The Kier molecular flexibility index (Phi) is 8.77. The fourth-order valence-corrected chi connectivity index (χ4v) is 9.33. The molecule has 0 saturated carbocycles. The van der Waals surface area contributed by atoms with Gasteiger partial charge in [0.1, 0.15) is 0 Å². The van der Waals surface area contributed by atoms with Crippen LogP contribution >= 0.6 is 6.91 Å². The average Bonchev–Trinajstić information content (AvgIpc) is 2.19. The summed E-state index contributed by atoms with van der Waals surface area (Å²) in [5.74, 6) is 0.984. The molecule has 0 fully saturated rings. The van der Waals surface area contributed by atoms with E-state index < -0.39 is 6.91 Å². The first-order valence-corrected chi connectivity index (χ1v) is 11.5. The fraction of sp³-hybridized carbons (Fsp3) is 1.00. The van der Waals surface area contributed by atoms with E-state index in [0.29, 0.717) is 11.8 Å². The SMILES string of the molecule is CCCCCCCCP(C)(F)(CC(C)C)CC(C)C. The van der Waals surface area contributed by atoms with Gasteiger partial charge >= 0.3 is 121 Å². The molecule has 0 N–H and O–H groups in total. The molecule has 118 valence electrons. The Balaban J connectivity index is 4.27. The monoisotopic (exact) mass is 292 g/mol. The summed E-state index contributed by atoms with van der Waals surface area (Å²) in [4.78, 5) is 0. The second-order valence-electron chi connectivity index (χ2n) is 7.79. The van der Waals surface area contributed by atoms with Crippen molar-refractivity contribution in [1.82, 2.24) is 0 Å². The van der Waals surface area contributed by atoms with Crippen LogP contribution in [0.2, 0.25) is 0 Å². The van der Waals surface area contributed by atoms with Crippen LogP contribution in [0, 0.1) is 11.8 Å². The van der Waals surface area contributed by atoms with E-state index in [1.54, 1.807) is 0 Å². The first-order valence-electron chi connectivity index (χ1n) is 8.40. The number of halogens is 1. The van der Waals surface area contributed by atoms with E-state index in [4.69, 9.17) is 0 Å². The van der Waals surface area contributed by atoms with Gasteiger partial charge in [-0.05, 0) is 0 Å². The Morgan fingerprint density at radius 3 is 1.63 bits per heavy atom. The average molecular weight is 292 g/mol. The molecule has 0 aliphatic heterocycles. The zero-order valence-electron chi connectivity index (χ0n) is 14.3. The van der Waals surface area contributed by atoms with Crippen LogP contribution in [0.15, 0.2) is 0 Å². The summed E-state index contributed by atoms with van der Waals surface area (Å²) in [6.45, 7) is 10.0. The minimum atomic E-state index is -2.92. The Bertz CT molecular complexity index is 219. The van der Waals surface area contributed by atoms with Gasteiger partial charge in [-0.25, -0.2) is 0 Å². The summed E-state index contributed by atoms with van der Waals surface area (Å²) in [5.41, 5.74) is 0. The van der Waals surface area contributed by atoms with E-state index in [1.807, 2.05) is 6.66 Å². The molecule has 0 nitrogen and oxygen atoms in total. The molecule has 0 aliphatic rings. The predicted octanol–water partition coefficient (Wildman–Crippen LogP) is 6.73. The van der Waals surface area contributed by atoms with Crippen molar-refractivity contribution < 1.29 is 4.20 Å². The molecule has 0 aromatic heterocycles.